The average Bonchev–Trinajstić information content (AvgIpc) is 1.85. The lowest BCUT2D eigenvalue weighted by molar-refractivity contribution is 0.121. The Labute approximate surface area is 67.0 Å². The van der Waals surface area contributed by atoms with Crippen molar-refractivity contribution in [2.45, 2.75) is 25.2 Å². The number of hydrogen-bond acceptors (Lipinski definition) is 5. The highest BCUT2D eigenvalue weighted by molar-refractivity contribution is 4.51. The maximum Gasteiger partial charge on any atom is 0.0543 e. The molecule has 0 aliphatic carbocycles. The van der Waals surface area contributed by atoms with E-state index in [1.807, 2.05) is 0 Å². The quantitative estimate of drug-likeness (QED) is 0.274. The summed E-state index contributed by atoms with van der Waals surface area (Å²) in [5.74, 6) is 0. The first-order valence-electron chi connectivity index (χ1n) is 3.73. The molecule has 0 saturated heterocycles. The van der Waals surface area contributed by atoms with Gasteiger partial charge in [0.2, 0.25) is 0 Å². The second kappa shape index (κ2) is 6.51. The van der Waals surface area contributed by atoms with Crippen molar-refractivity contribution in [3.8, 4) is 0 Å². The van der Waals surface area contributed by atoms with Crippen LogP contribution in [0.2, 0.25) is 0 Å². The van der Waals surface area contributed by atoms with Crippen LogP contribution in [0.25, 0.3) is 0 Å². The van der Waals surface area contributed by atoms with Gasteiger partial charge >= 0.3 is 0 Å². The van der Waals surface area contributed by atoms with Crippen molar-refractivity contribution in [3.63, 3.8) is 0 Å². The molecule has 0 atom stereocenters. The average molecular weight is 162 g/mol. The zero-order valence-corrected chi connectivity index (χ0v) is 6.70. The standard InChI is InChI=1S/C6H18N4O/c7-5(8)1-3-11-4-2-6(9)10/h5-6H,1-4,7-10H2. The molecule has 68 valence electrons. The van der Waals surface area contributed by atoms with Crippen LogP contribution in [0.5, 0.6) is 0 Å². The Bertz CT molecular complexity index is 76.7. The summed E-state index contributed by atoms with van der Waals surface area (Å²) in [5.41, 5.74) is 21.1. The van der Waals surface area contributed by atoms with Crippen molar-refractivity contribution in [1.82, 2.24) is 0 Å². The van der Waals surface area contributed by atoms with Gasteiger partial charge in [0.1, 0.15) is 0 Å². The fourth-order valence-electron chi connectivity index (χ4n) is 0.541. The lowest BCUT2D eigenvalue weighted by atomic mass is 10.4. The molecule has 0 aliphatic heterocycles. The summed E-state index contributed by atoms with van der Waals surface area (Å²) in [5, 5.41) is 0. The molecule has 0 aromatic rings. The number of hydrogen-bond donors (Lipinski definition) is 4. The van der Waals surface area contributed by atoms with Crippen LogP contribution in [0.1, 0.15) is 12.8 Å². The Hall–Kier alpha value is -0.200. The lowest BCUT2D eigenvalue weighted by Gasteiger charge is -2.07. The largest absolute Gasteiger partial charge is 0.381 e. The molecule has 0 saturated carbocycles. The minimum absolute atomic E-state index is 0.290. The van der Waals surface area contributed by atoms with Gasteiger partial charge in [-0.1, -0.05) is 0 Å². The molecule has 0 amide bonds. The van der Waals surface area contributed by atoms with E-state index in [9.17, 15) is 0 Å². The first-order chi connectivity index (χ1) is 5.13. The summed E-state index contributed by atoms with van der Waals surface area (Å²) in [7, 11) is 0. The van der Waals surface area contributed by atoms with E-state index in [1.165, 1.54) is 0 Å². The van der Waals surface area contributed by atoms with Crippen molar-refractivity contribution in [2.24, 2.45) is 22.9 Å². The molecule has 0 heterocycles. The summed E-state index contributed by atoms with van der Waals surface area (Å²) in [4.78, 5) is 0. The molecule has 0 radical (unpaired) electrons. The molecule has 0 aromatic carbocycles. The first kappa shape index (κ1) is 10.8. The van der Waals surface area contributed by atoms with Gasteiger partial charge in [0, 0.05) is 13.2 Å². The third-order valence-electron chi connectivity index (χ3n) is 1.19. The number of nitrogens with two attached hydrogens (primary N) is 4. The van der Waals surface area contributed by atoms with E-state index in [1.54, 1.807) is 0 Å². The molecular formula is C6H18N4O. The fraction of sp³-hybridized carbons (Fsp3) is 1.00. The fourth-order valence-corrected chi connectivity index (χ4v) is 0.541. The molecule has 0 unspecified atom stereocenters. The summed E-state index contributed by atoms with van der Waals surface area (Å²) >= 11 is 0. The van der Waals surface area contributed by atoms with Gasteiger partial charge < -0.3 is 27.7 Å². The van der Waals surface area contributed by atoms with Crippen molar-refractivity contribution >= 4 is 0 Å². The molecule has 0 fully saturated rings. The number of rotatable bonds is 6. The van der Waals surface area contributed by atoms with Crippen LogP contribution in [-0.2, 0) is 4.74 Å². The molecule has 0 rings (SSSR count). The zero-order chi connectivity index (χ0) is 8.69. The highest BCUT2D eigenvalue weighted by Gasteiger charge is 1.96. The van der Waals surface area contributed by atoms with Gasteiger partial charge in [-0.3, -0.25) is 0 Å². The Morgan fingerprint density at radius 2 is 1.18 bits per heavy atom. The van der Waals surface area contributed by atoms with Crippen molar-refractivity contribution in [3.05, 3.63) is 0 Å². The highest BCUT2D eigenvalue weighted by atomic mass is 16.5. The molecule has 5 heteroatoms. The molecule has 0 bridgehead atoms. The van der Waals surface area contributed by atoms with Gasteiger partial charge in [0.05, 0.1) is 12.3 Å². The van der Waals surface area contributed by atoms with Crippen molar-refractivity contribution in [1.29, 1.82) is 0 Å². The molecule has 8 N–H and O–H groups in total. The van der Waals surface area contributed by atoms with Crippen LogP contribution in [-0.4, -0.2) is 25.5 Å². The van der Waals surface area contributed by atoms with Crippen LogP contribution in [0, 0.1) is 0 Å². The normalized spacial score (nSPS) is 11.5. The van der Waals surface area contributed by atoms with E-state index < -0.39 is 0 Å². The van der Waals surface area contributed by atoms with E-state index >= 15 is 0 Å². The first-order valence-corrected chi connectivity index (χ1v) is 3.73. The van der Waals surface area contributed by atoms with Crippen molar-refractivity contribution in [2.75, 3.05) is 13.2 Å². The monoisotopic (exact) mass is 162 g/mol. The summed E-state index contributed by atoms with van der Waals surface area (Å²) in [6.07, 6.45) is 0.752. The third-order valence-corrected chi connectivity index (χ3v) is 1.19. The highest BCUT2D eigenvalue weighted by Crippen LogP contribution is 1.86. The molecule has 0 spiro atoms. The second-order valence-corrected chi connectivity index (χ2v) is 2.52. The molecule has 0 aromatic heterocycles. The topological polar surface area (TPSA) is 113 Å². The predicted molar refractivity (Wildman–Crippen MR) is 44.4 cm³/mol. The van der Waals surface area contributed by atoms with Crippen LogP contribution < -0.4 is 22.9 Å². The Morgan fingerprint density at radius 1 is 0.818 bits per heavy atom. The van der Waals surface area contributed by atoms with E-state index in [2.05, 4.69) is 0 Å². The Kier molecular flexibility index (Phi) is 6.39. The Balaban J connectivity index is 2.91. The summed E-state index contributed by atoms with van der Waals surface area (Å²) in [6.45, 7) is 1.15. The zero-order valence-electron chi connectivity index (χ0n) is 6.70. The third kappa shape index (κ3) is 9.80. The maximum atomic E-state index is 5.28. The number of ether oxygens (including phenoxy) is 1. The van der Waals surface area contributed by atoms with Crippen LogP contribution >= 0.6 is 0 Å². The Morgan fingerprint density at radius 3 is 1.45 bits per heavy atom. The summed E-state index contributed by atoms with van der Waals surface area (Å²) < 4.78 is 5.14. The van der Waals surface area contributed by atoms with Gasteiger partial charge in [-0.15, -0.1) is 0 Å². The maximum absolute atomic E-state index is 5.28. The van der Waals surface area contributed by atoms with Gasteiger partial charge in [0.15, 0.2) is 0 Å². The lowest BCUT2D eigenvalue weighted by Crippen LogP contribution is -2.33. The van der Waals surface area contributed by atoms with E-state index in [0.29, 0.717) is 26.1 Å². The molecule has 5 nitrogen and oxygen atoms in total. The van der Waals surface area contributed by atoms with Crippen LogP contribution in [0.4, 0.5) is 0 Å². The molecular weight excluding hydrogens is 144 g/mol. The minimum Gasteiger partial charge on any atom is -0.381 e. The van der Waals surface area contributed by atoms with Gasteiger partial charge in [0.25, 0.3) is 0 Å². The predicted octanol–water partition coefficient (Wildman–Crippen LogP) is -1.73. The van der Waals surface area contributed by atoms with Crippen LogP contribution in [0.3, 0.4) is 0 Å². The van der Waals surface area contributed by atoms with Gasteiger partial charge in [-0.05, 0) is 12.8 Å². The minimum atomic E-state index is -0.290. The van der Waals surface area contributed by atoms with E-state index in [4.69, 9.17) is 27.7 Å². The molecule has 0 aliphatic rings. The van der Waals surface area contributed by atoms with Gasteiger partial charge in [-0.2, -0.15) is 0 Å². The van der Waals surface area contributed by atoms with Gasteiger partial charge in [-0.25, -0.2) is 0 Å². The second-order valence-electron chi connectivity index (χ2n) is 2.52. The molecule has 11 heavy (non-hydrogen) atoms. The van der Waals surface area contributed by atoms with Crippen LogP contribution in [0.15, 0.2) is 0 Å². The van der Waals surface area contributed by atoms with Crippen molar-refractivity contribution < 1.29 is 4.74 Å². The SMILES string of the molecule is NC(N)CCOCCC(N)N. The summed E-state index contributed by atoms with van der Waals surface area (Å²) in [6, 6.07) is 0. The smallest absolute Gasteiger partial charge is 0.0543 e. The van der Waals surface area contributed by atoms with E-state index in [0.717, 1.165) is 0 Å². The van der Waals surface area contributed by atoms with E-state index in [-0.39, 0.29) is 12.3 Å².